The number of aliphatic hydroxyl groups is 1. The molecule has 4 heterocycles. The van der Waals surface area contributed by atoms with Crippen molar-refractivity contribution < 1.29 is 43.3 Å². The molecule has 3 aromatic carbocycles. The lowest BCUT2D eigenvalue weighted by molar-refractivity contribution is -0.144. The standard InChI is InChI=1S/C53H67N7O9S/c1-32-48(70-31-56-32)38-20-18-35(19-21-38)27-55-50(65)42-26-40(61)28-59(42)52(67)49(53(3,4)5)58-45(63)30-68-24-8-9-34-14-16-36(17-15-34)29-69-33(2)41(22-23-44(54)62)57-51(66)43-25-39-12-6-10-37-11-7-13-46(64)60(43)47(37)39/h6,10,12,14-21,31,33,40-43,49,61H,7-9,11,13,22-30H2,1-5H3,(H2,54,62)(H,55,65)(H,57,66)(H,58,63)/t33-,40-,41+,42+,43+,49-/m1/s1. The average molecular weight is 978 g/mol. The highest BCUT2D eigenvalue weighted by molar-refractivity contribution is 7.13. The van der Waals surface area contributed by atoms with Gasteiger partial charge in [0, 0.05) is 45.4 Å². The molecule has 0 unspecified atom stereocenters. The largest absolute Gasteiger partial charge is 0.391 e. The molecule has 0 spiro atoms. The third kappa shape index (κ3) is 13.0. The van der Waals surface area contributed by atoms with Gasteiger partial charge in [-0.2, -0.15) is 0 Å². The highest BCUT2D eigenvalue weighted by Gasteiger charge is 2.45. The predicted molar refractivity (Wildman–Crippen MR) is 266 cm³/mol. The summed E-state index contributed by atoms with van der Waals surface area (Å²) in [7, 11) is 0. The van der Waals surface area contributed by atoms with Crippen LogP contribution in [-0.4, -0.2) is 107 Å². The number of aromatic nitrogens is 1. The maximum atomic E-state index is 14.0. The van der Waals surface area contributed by atoms with Crippen LogP contribution in [0.3, 0.4) is 0 Å². The molecule has 0 saturated carbocycles. The average Bonchev–Trinajstić information content (AvgIpc) is 4.04. The summed E-state index contributed by atoms with van der Waals surface area (Å²) in [6, 6.07) is 18.7. The third-order valence-electron chi connectivity index (χ3n) is 13.4. The number of nitrogens with two attached hydrogens (primary N) is 1. The Kier molecular flexibility index (Phi) is 17.2. The molecule has 3 aliphatic rings. The van der Waals surface area contributed by atoms with Crippen molar-refractivity contribution in [3.8, 4) is 10.4 Å². The number of hydrogen-bond donors (Lipinski definition) is 5. The zero-order valence-corrected chi connectivity index (χ0v) is 41.6. The molecule has 6 amide bonds. The first-order chi connectivity index (χ1) is 33.5. The van der Waals surface area contributed by atoms with Crippen molar-refractivity contribution in [2.24, 2.45) is 11.1 Å². The van der Waals surface area contributed by atoms with E-state index in [1.165, 1.54) is 4.90 Å². The molecule has 0 bridgehead atoms. The van der Waals surface area contributed by atoms with E-state index in [9.17, 15) is 33.9 Å². The fourth-order valence-corrected chi connectivity index (χ4v) is 10.3. The van der Waals surface area contributed by atoms with Gasteiger partial charge in [0.1, 0.15) is 24.7 Å². The minimum absolute atomic E-state index is 0.0223. The van der Waals surface area contributed by atoms with Crippen molar-refractivity contribution in [2.75, 3.05) is 24.7 Å². The Morgan fingerprint density at radius 2 is 1.64 bits per heavy atom. The molecule has 1 fully saturated rings. The van der Waals surface area contributed by atoms with Crippen molar-refractivity contribution in [3.05, 3.63) is 106 Å². The second-order valence-electron chi connectivity index (χ2n) is 19.8. The minimum Gasteiger partial charge on any atom is -0.391 e. The summed E-state index contributed by atoms with van der Waals surface area (Å²) < 4.78 is 12.0. The summed E-state index contributed by atoms with van der Waals surface area (Å²) in [5.41, 5.74) is 14.4. The molecule has 3 aliphatic heterocycles. The van der Waals surface area contributed by atoms with Crippen LogP contribution < -0.4 is 26.6 Å². The van der Waals surface area contributed by atoms with Gasteiger partial charge in [-0.1, -0.05) is 87.5 Å². The van der Waals surface area contributed by atoms with Gasteiger partial charge in [-0.25, -0.2) is 4.98 Å². The number of thiazole rings is 1. The van der Waals surface area contributed by atoms with Gasteiger partial charge in [0.25, 0.3) is 0 Å². The first-order valence-corrected chi connectivity index (χ1v) is 25.2. The lowest BCUT2D eigenvalue weighted by Gasteiger charge is -2.35. The first kappa shape index (κ1) is 51.8. The maximum Gasteiger partial charge on any atom is 0.246 e. The Hall–Kier alpha value is -6.01. The van der Waals surface area contributed by atoms with E-state index in [1.807, 2.05) is 107 Å². The predicted octanol–water partition coefficient (Wildman–Crippen LogP) is 4.83. The van der Waals surface area contributed by atoms with Crippen LogP contribution in [0.25, 0.3) is 10.4 Å². The number of primary amides is 1. The van der Waals surface area contributed by atoms with Crippen molar-refractivity contribution in [1.29, 1.82) is 0 Å². The number of hydrogen-bond acceptors (Lipinski definition) is 11. The number of rotatable bonds is 21. The van der Waals surface area contributed by atoms with Crippen LogP contribution in [-0.2, 0) is 70.7 Å². The van der Waals surface area contributed by atoms with E-state index in [0.717, 1.165) is 62.5 Å². The molecule has 374 valence electrons. The van der Waals surface area contributed by atoms with Crippen molar-refractivity contribution in [1.82, 2.24) is 25.8 Å². The highest BCUT2D eigenvalue weighted by atomic mass is 32.1. The molecule has 7 rings (SSSR count). The molecule has 16 nitrogen and oxygen atoms in total. The SMILES string of the molecule is Cc1ncsc1-c1ccc(CNC(=O)[C@@H]2C[C@@H](O)CN2C(=O)[C@@H](NC(=O)COCCCc2ccc(CO[C@H](C)[C@H](CCC(N)=O)NC(=O)[C@@H]3Cc4cccc5c4N3C(=O)CCC5)cc2)C(C)(C)C)cc1. The number of carbonyl (C=O) groups is 6. The smallest absolute Gasteiger partial charge is 0.246 e. The third-order valence-corrected chi connectivity index (χ3v) is 14.4. The van der Waals surface area contributed by atoms with E-state index in [1.54, 1.807) is 16.2 Å². The molecular formula is C53H67N7O9S. The van der Waals surface area contributed by atoms with E-state index in [2.05, 4.69) is 20.9 Å². The number of benzene rings is 3. The number of carbonyl (C=O) groups excluding carboxylic acids is 6. The van der Waals surface area contributed by atoms with E-state index < -0.39 is 59.5 Å². The fourth-order valence-electron chi connectivity index (χ4n) is 9.51. The number of β-amino-alcohol motifs (C(OH)–C–C–N with tert-alkyl or cyclic N) is 1. The van der Waals surface area contributed by atoms with Crippen molar-refractivity contribution in [2.45, 2.75) is 142 Å². The molecule has 4 aromatic rings. The number of nitrogens with zero attached hydrogens (tertiary/aromatic N) is 3. The Labute approximate surface area is 414 Å². The van der Waals surface area contributed by atoms with E-state index in [4.69, 9.17) is 15.2 Å². The van der Waals surface area contributed by atoms with Crippen molar-refractivity contribution in [3.63, 3.8) is 0 Å². The summed E-state index contributed by atoms with van der Waals surface area (Å²) in [4.78, 5) is 88.0. The number of aryl methyl sites for hydroxylation is 3. The Morgan fingerprint density at radius 1 is 0.929 bits per heavy atom. The molecule has 0 aliphatic carbocycles. The number of para-hydroxylation sites is 1. The number of anilines is 1. The molecule has 6 N–H and O–H groups in total. The molecule has 1 aromatic heterocycles. The molecule has 1 saturated heterocycles. The monoisotopic (exact) mass is 977 g/mol. The zero-order chi connectivity index (χ0) is 50.1. The summed E-state index contributed by atoms with van der Waals surface area (Å²) in [6.07, 6.45) is 2.75. The van der Waals surface area contributed by atoms with E-state index in [0.29, 0.717) is 32.3 Å². The minimum atomic E-state index is -0.970. The van der Waals surface area contributed by atoms with Crippen LogP contribution in [0.4, 0.5) is 5.69 Å². The van der Waals surface area contributed by atoms with Gasteiger partial charge in [-0.3, -0.25) is 33.7 Å². The number of amides is 6. The van der Waals surface area contributed by atoms with E-state index in [-0.39, 0.29) is 63.3 Å². The quantitative estimate of drug-likeness (QED) is 0.0716. The van der Waals surface area contributed by atoms with Crippen LogP contribution in [0.1, 0.15) is 99.7 Å². The summed E-state index contributed by atoms with van der Waals surface area (Å²) >= 11 is 1.57. The Balaban J connectivity index is 0.837. The maximum absolute atomic E-state index is 14.0. The van der Waals surface area contributed by atoms with Gasteiger partial charge in [-0.05, 0) is 84.7 Å². The van der Waals surface area contributed by atoms with Crippen molar-refractivity contribution >= 4 is 52.5 Å². The lowest BCUT2D eigenvalue weighted by atomic mass is 9.85. The number of nitrogens with one attached hydrogen (secondary N) is 3. The van der Waals surface area contributed by atoms with E-state index >= 15 is 0 Å². The van der Waals surface area contributed by atoms with Crippen LogP contribution in [0.15, 0.2) is 72.2 Å². The second kappa shape index (κ2) is 23.3. The van der Waals surface area contributed by atoms with Crippen LogP contribution in [0.5, 0.6) is 0 Å². The van der Waals surface area contributed by atoms with Gasteiger partial charge in [-0.15, -0.1) is 11.3 Å². The fraction of sp³-hybridized carbons (Fsp3) is 0.491. The lowest BCUT2D eigenvalue weighted by Crippen LogP contribution is -2.58. The van der Waals surface area contributed by atoms with Crippen LogP contribution in [0.2, 0.25) is 0 Å². The van der Waals surface area contributed by atoms with Gasteiger partial charge < -0.3 is 41.2 Å². The van der Waals surface area contributed by atoms with Gasteiger partial charge >= 0.3 is 0 Å². The molecular weight excluding hydrogens is 911 g/mol. The number of ether oxygens (including phenoxy) is 2. The van der Waals surface area contributed by atoms with Gasteiger partial charge in [0.15, 0.2) is 0 Å². The Bertz CT molecular complexity index is 2510. The summed E-state index contributed by atoms with van der Waals surface area (Å²) in [6.45, 7) is 9.86. The second-order valence-corrected chi connectivity index (χ2v) is 20.7. The molecule has 17 heteroatoms. The highest BCUT2D eigenvalue weighted by Crippen LogP contribution is 2.39. The molecule has 0 radical (unpaired) electrons. The topological polar surface area (TPSA) is 223 Å². The Morgan fingerprint density at radius 3 is 2.34 bits per heavy atom. The van der Waals surface area contributed by atoms with Crippen LogP contribution in [0, 0.1) is 12.3 Å². The summed E-state index contributed by atoms with van der Waals surface area (Å²) in [5, 5.41) is 19.5. The van der Waals surface area contributed by atoms with Gasteiger partial charge in [0.05, 0.1) is 46.6 Å². The van der Waals surface area contributed by atoms with Crippen LogP contribution >= 0.6 is 11.3 Å². The first-order valence-electron chi connectivity index (χ1n) is 24.3. The molecule has 70 heavy (non-hydrogen) atoms. The summed E-state index contributed by atoms with van der Waals surface area (Å²) in [5.74, 6) is -2.10. The number of likely N-dealkylation sites (tertiary alicyclic amines) is 1. The normalized spacial score (nSPS) is 18.9. The van der Waals surface area contributed by atoms with Gasteiger partial charge in [0.2, 0.25) is 35.4 Å². The zero-order valence-electron chi connectivity index (χ0n) is 40.8. The number of aliphatic hydroxyl groups excluding tert-OH is 1. The molecule has 6 atom stereocenters.